The molecule has 0 aliphatic carbocycles. The van der Waals surface area contributed by atoms with Crippen LogP contribution in [-0.2, 0) is 18.5 Å². The fraction of sp³-hybridized carbons (Fsp3) is 0.897. The zero-order chi connectivity index (χ0) is 45.9. The number of hydrogen-bond donors (Lipinski definition) is 0. The molecule has 1 aromatic carbocycles. The van der Waals surface area contributed by atoms with Crippen LogP contribution in [0.5, 0.6) is 5.75 Å². The lowest BCUT2D eigenvalue weighted by molar-refractivity contribution is 0.0224. The van der Waals surface area contributed by atoms with Crippen molar-refractivity contribution < 1.29 is 23.0 Å². The van der Waals surface area contributed by atoms with E-state index in [1.807, 2.05) is 30.3 Å². The van der Waals surface area contributed by atoms with Gasteiger partial charge >= 0.3 is 8.60 Å². The molecule has 0 spiro atoms. The Morgan fingerprint density at radius 2 is 0.594 bits per heavy atom. The molecule has 2 unspecified atom stereocenters. The minimum Gasteiger partial charge on any atom is -0.427 e. The van der Waals surface area contributed by atoms with Gasteiger partial charge in [0.2, 0.25) is 0 Å². The second kappa shape index (κ2) is 51.7. The predicted molar refractivity (Wildman–Crippen MR) is 282 cm³/mol. The van der Waals surface area contributed by atoms with E-state index < -0.39 is 8.60 Å². The molecule has 2 atom stereocenters. The fourth-order valence-electron chi connectivity index (χ4n) is 8.84. The third-order valence-corrected chi connectivity index (χ3v) is 14.3. The molecule has 0 N–H and O–H groups in total. The molecule has 378 valence electrons. The second-order valence-electron chi connectivity index (χ2n) is 19.5. The van der Waals surface area contributed by atoms with Gasteiger partial charge in [-0.25, -0.2) is 0 Å². The number of benzene rings is 1. The molecule has 1 aromatic rings. The van der Waals surface area contributed by atoms with E-state index in [-0.39, 0.29) is 12.2 Å². The summed E-state index contributed by atoms with van der Waals surface area (Å²) in [5.41, 5.74) is 0. The van der Waals surface area contributed by atoms with Gasteiger partial charge in [0, 0.05) is 13.2 Å². The summed E-state index contributed by atoms with van der Waals surface area (Å²) in [6.07, 6.45) is 55.9. The van der Waals surface area contributed by atoms with E-state index >= 15 is 0 Å². The first-order valence-corrected chi connectivity index (χ1v) is 29.8. The molecule has 0 heterocycles. The van der Waals surface area contributed by atoms with Crippen molar-refractivity contribution in [3.63, 3.8) is 0 Å². The Bertz CT molecular complexity index is 938. The van der Waals surface area contributed by atoms with E-state index in [9.17, 15) is 0 Å². The van der Waals surface area contributed by atoms with Crippen LogP contribution in [0.25, 0.3) is 0 Å². The van der Waals surface area contributed by atoms with Crippen LogP contribution in [0, 0.1) is 0 Å². The number of rotatable bonds is 54. The van der Waals surface area contributed by atoms with Crippen molar-refractivity contribution in [1.29, 1.82) is 0 Å². The van der Waals surface area contributed by atoms with Crippen molar-refractivity contribution in [3.8, 4) is 5.75 Å². The summed E-state index contributed by atoms with van der Waals surface area (Å²) in [6, 6.07) is 10.1. The lowest BCUT2D eigenvalue weighted by Crippen LogP contribution is -2.18. The quantitative estimate of drug-likeness (QED) is 0.0481. The topological polar surface area (TPSA) is 46.2 Å². The van der Waals surface area contributed by atoms with Gasteiger partial charge in [0.25, 0.3) is 0 Å². The third-order valence-electron chi connectivity index (χ3n) is 13.2. The van der Waals surface area contributed by atoms with Crippen LogP contribution < -0.4 is 4.52 Å². The number of hydrogen-bond acceptors (Lipinski definition) is 5. The summed E-state index contributed by atoms with van der Waals surface area (Å²) in [6.45, 7) is 12.1. The first kappa shape index (κ1) is 61.3. The Kier molecular flexibility index (Phi) is 49.5. The average Bonchev–Trinajstić information content (AvgIpc) is 3.31. The largest absolute Gasteiger partial charge is 0.427 e. The third kappa shape index (κ3) is 43.8. The molecule has 5 nitrogen and oxygen atoms in total. The maximum atomic E-state index is 6.60. The lowest BCUT2D eigenvalue weighted by atomic mass is 10.0. The summed E-state index contributed by atoms with van der Waals surface area (Å²) in [5, 5.41) is 0. The molecule has 64 heavy (non-hydrogen) atoms. The Hall–Kier alpha value is -0.710. The zero-order valence-electron chi connectivity index (χ0n) is 43.6. The van der Waals surface area contributed by atoms with Gasteiger partial charge in [-0.1, -0.05) is 277 Å². The minimum absolute atomic E-state index is 0.233. The van der Waals surface area contributed by atoms with Gasteiger partial charge in [-0.2, -0.15) is 0 Å². The van der Waals surface area contributed by atoms with Gasteiger partial charge in [0.1, 0.15) is 5.75 Å². The van der Waals surface area contributed by atoms with E-state index in [2.05, 4.69) is 27.7 Å². The highest BCUT2D eigenvalue weighted by Crippen LogP contribution is 2.41. The van der Waals surface area contributed by atoms with Crippen molar-refractivity contribution in [2.24, 2.45) is 0 Å². The fourth-order valence-corrected chi connectivity index (χ4v) is 9.82. The summed E-state index contributed by atoms with van der Waals surface area (Å²) < 4.78 is 32.5. The SMILES string of the molecule is CCCCCCCCCCCCCOC(CCCCCCCCCC)CCOP(OCCC(CCCCCCCCCC)OCCCCCCCCCCCCC)Oc1ccccc1. The standard InChI is InChI=1S/C58H111O5P/c1-5-9-13-17-21-25-27-29-33-37-44-52-59-56(46-40-35-31-23-19-15-11-7-3)50-54-61-64(63-58-48-42-39-43-49-58)62-55-51-57(47-41-36-32-24-20-16-12-8-4)60-53-45-38-34-30-28-26-22-18-14-10-6-2/h39,42-43,48-49,56-57H,5-38,40-41,44-47,50-55H2,1-4H3. The molecule has 0 radical (unpaired) electrons. The van der Waals surface area contributed by atoms with E-state index in [0.29, 0.717) is 13.2 Å². The smallest absolute Gasteiger partial charge is 0.397 e. The Balaban J connectivity index is 2.65. The van der Waals surface area contributed by atoms with Crippen LogP contribution in [0.15, 0.2) is 30.3 Å². The van der Waals surface area contributed by atoms with Gasteiger partial charge in [0.05, 0.1) is 25.4 Å². The normalized spacial score (nSPS) is 13.1. The highest BCUT2D eigenvalue weighted by Gasteiger charge is 2.19. The molecule has 0 aliphatic rings. The zero-order valence-corrected chi connectivity index (χ0v) is 44.5. The summed E-state index contributed by atoms with van der Waals surface area (Å²) in [7, 11) is -1.52. The van der Waals surface area contributed by atoms with Crippen molar-refractivity contribution in [1.82, 2.24) is 0 Å². The lowest BCUT2D eigenvalue weighted by Gasteiger charge is -2.22. The highest BCUT2D eigenvalue weighted by atomic mass is 31.2. The Morgan fingerprint density at radius 3 is 0.906 bits per heavy atom. The molecule has 0 aliphatic heterocycles. The monoisotopic (exact) mass is 919 g/mol. The van der Waals surface area contributed by atoms with Crippen molar-refractivity contribution in [2.45, 2.75) is 310 Å². The Morgan fingerprint density at radius 1 is 0.312 bits per heavy atom. The number of ether oxygens (including phenoxy) is 2. The first-order chi connectivity index (χ1) is 31.7. The summed E-state index contributed by atoms with van der Waals surface area (Å²) in [5.74, 6) is 0.806. The van der Waals surface area contributed by atoms with Gasteiger partial charge in [-0.05, 0) is 50.7 Å². The number of unbranched alkanes of at least 4 members (excludes halogenated alkanes) is 34. The van der Waals surface area contributed by atoms with Crippen molar-refractivity contribution in [3.05, 3.63) is 30.3 Å². The Labute approximate surface area is 402 Å². The molecule has 0 bridgehead atoms. The molecule has 1 rings (SSSR count). The van der Waals surface area contributed by atoms with E-state index in [0.717, 1.165) is 44.6 Å². The highest BCUT2D eigenvalue weighted by molar-refractivity contribution is 7.42. The maximum absolute atomic E-state index is 6.60. The average molecular weight is 919 g/mol. The molecular weight excluding hydrogens is 808 g/mol. The van der Waals surface area contributed by atoms with Crippen LogP contribution in [0.4, 0.5) is 0 Å². The van der Waals surface area contributed by atoms with E-state index in [1.165, 1.54) is 244 Å². The molecule has 0 saturated carbocycles. The van der Waals surface area contributed by atoms with Crippen molar-refractivity contribution in [2.75, 3.05) is 26.4 Å². The van der Waals surface area contributed by atoms with E-state index in [1.54, 1.807) is 0 Å². The number of para-hydroxylation sites is 1. The van der Waals surface area contributed by atoms with Crippen LogP contribution >= 0.6 is 8.60 Å². The summed E-state index contributed by atoms with van der Waals surface area (Å²) in [4.78, 5) is 0. The molecule has 0 saturated heterocycles. The predicted octanol–water partition coefficient (Wildman–Crippen LogP) is 20.6. The van der Waals surface area contributed by atoms with Crippen LogP contribution in [0.3, 0.4) is 0 Å². The second-order valence-corrected chi connectivity index (χ2v) is 20.6. The van der Waals surface area contributed by atoms with Crippen LogP contribution in [0.2, 0.25) is 0 Å². The first-order valence-electron chi connectivity index (χ1n) is 28.8. The minimum atomic E-state index is -1.52. The van der Waals surface area contributed by atoms with E-state index in [4.69, 9.17) is 23.0 Å². The van der Waals surface area contributed by atoms with Gasteiger partial charge in [-0.15, -0.1) is 0 Å². The van der Waals surface area contributed by atoms with Crippen LogP contribution in [0.1, 0.15) is 297 Å². The molecule has 0 aromatic heterocycles. The molecule has 6 heteroatoms. The molecular formula is C58H111O5P. The maximum Gasteiger partial charge on any atom is 0.397 e. The van der Waals surface area contributed by atoms with Crippen molar-refractivity contribution >= 4 is 8.60 Å². The molecule has 0 amide bonds. The van der Waals surface area contributed by atoms with Crippen LogP contribution in [-0.4, -0.2) is 38.6 Å². The molecule has 0 fully saturated rings. The van der Waals surface area contributed by atoms with Gasteiger partial charge in [0.15, 0.2) is 0 Å². The summed E-state index contributed by atoms with van der Waals surface area (Å²) >= 11 is 0. The van der Waals surface area contributed by atoms with Gasteiger partial charge < -0.3 is 23.0 Å². The van der Waals surface area contributed by atoms with Gasteiger partial charge in [-0.3, -0.25) is 0 Å².